The van der Waals surface area contributed by atoms with Crippen LogP contribution in [-0.4, -0.2) is 21.8 Å². The number of hydrogen-bond acceptors (Lipinski definition) is 6. The van der Waals surface area contributed by atoms with Gasteiger partial charge >= 0.3 is 12.4 Å². The molecule has 4 nitrogen and oxygen atoms in total. The van der Waals surface area contributed by atoms with Crippen LogP contribution >= 0.6 is 25.3 Å². The summed E-state index contributed by atoms with van der Waals surface area (Å²) in [5.41, 5.74) is -2.97. The van der Waals surface area contributed by atoms with Gasteiger partial charge in [0.1, 0.15) is 11.5 Å². The Bertz CT molecular complexity index is 1980. The van der Waals surface area contributed by atoms with Crippen molar-refractivity contribution in [2.24, 2.45) is 0 Å². The van der Waals surface area contributed by atoms with Crippen LogP contribution < -0.4 is 0 Å². The van der Waals surface area contributed by atoms with Gasteiger partial charge in [-0.1, -0.05) is 23.7 Å². The Kier molecular flexibility index (Phi) is 7.70. The molecule has 1 aliphatic rings. The number of phenolic OH excluding ortho intramolecular Hbond substituents is 2. The summed E-state index contributed by atoms with van der Waals surface area (Å²) in [5, 5.41) is 19.6. The van der Waals surface area contributed by atoms with E-state index in [4.69, 9.17) is 0 Å². The van der Waals surface area contributed by atoms with Crippen molar-refractivity contribution in [1.29, 1.82) is 0 Å². The fourth-order valence-corrected chi connectivity index (χ4v) is 4.92. The molecule has 12 heteroatoms. The number of fused-ring (bicyclic) bond motifs is 2. The molecule has 0 bridgehead atoms. The van der Waals surface area contributed by atoms with Crippen LogP contribution in [0.3, 0.4) is 0 Å². The Morgan fingerprint density at radius 3 is 1.25 bits per heavy atom. The Labute approximate surface area is 256 Å². The number of carbonyl (C=O) groups excluding carboxylic acids is 2. The maximum absolute atomic E-state index is 13.4. The number of hydrogen-bond donors (Lipinski definition) is 4. The van der Waals surface area contributed by atoms with Crippen molar-refractivity contribution in [3.63, 3.8) is 0 Å². The number of phenols is 2. The Balaban J connectivity index is 1.48. The van der Waals surface area contributed by atoms with Crippen molar-refractivity contribution in [3.05, 3.63) is 116 Å². The highest BCUT2D eigenvalue weighted by Crippen LogP contribution is 2.42. The zero-order chi connectivity index (χ0) is 32.1. The van der Waals surface area contributed by atoms with Crippen LogP contribution in [0.1, 0.15) is 65.2 Å². The molecule has 0 spiro atoms. The molecule has 44 heavy (non-hydrogen) atoms. The predicted octanol–water partition coefficient (Wildman–Crippen LogP) is 7.29. The van der Waals surface area contributed by atoms with Gasteiger partial charge in [0, 0.05) is 49.4 Å². The topological polar surface area (TPSA) is 74.6 Å². The SMILES string of the molecule is O=C1c2ccc(C#Cc3cc(C(F)(F)F)c(S)c(C(F)(F)F)c3)cc2C(=O)c2ccc(C#Cc3cc(O)c(S)c(O)c3)cc21. The van der Waals surface area contributed by atoms with Gasteiger partial charge in [-0.25, -0.2) is 0 Å². The van der Waals surface area contributed by atoms with Gasteiger partial charge in [-0.05, 0) is 60.7 Å². The molecular formula is C32H14F6O4S2. The minimum absolute atomic E-state index is 0.0143. The van der Waals surface area contributed by atoms with E-state index in [1.165, 1.54) is 48.5 Å². The van der Waals surface area contributed by atoms with E-state index in [9.17, 15) is 46.1 Å². The summed E-state index contributed by atoms with van der Waals surface area (Å²) >= 11 is 7.39. The molecule has 220 valence electrons. The Hall–Kier alpha value is -4.78. The molecule has 0 atom stereocenters. The molecule has 0 fully saturated rings. The number of rotatable bonds is 0. The molecule has 0 heterocycles. The first-order valence-corrected chi connectivity index (χ1v) is 13.1. The molecule has 0 aromatic heterocycles. The lowest BCUT2D eigenvalue weighted by molar-refractivity contribution is -0.147. The molecule has 4 aromatic rings. The third-order valence-corrected chi connectivity index (χ3v) is 7.45. The monoisotopic (exact) mass is 640 g/mol. The molecule has 5 rings (SSSR count). The number of carbonyl (C=O) groups is 2. The minimum Gasteiger partial charge on any atom is -0.507 e. The summed E-state index contributed by atoms with van der Waals surface area (Å²) in [4.78, 5) is 25.2. The summed E-state index contributed by atoms with van der Waals surface area (Å²) in [6.07, 6.45) is -10.2. The normalized spacial score (nSPS) is 12.5. The number of thiol groups is 2. The van der Waals surface area contributed by atoms with Crippen molar-refractivity contribution >= 4 is 36.8 Å². The van der Waals surface area contributed by atoms with Crippen LogP contribution in [0.2, 0.25) is 0 Å². The Morgan fingerprint density at radius 1 is 0.500 bits per heavy atom. The fourth-order valence-electron chi connectivity index (χ4n) is 4.41. The highest BCUT2D eigenvalue weighted by Gasteiger charge is 2.40. The molecule has 0 aliphatic heterocycles. The number of ketones is 2. The molecule has 0 amide bonds. The summed E-state index contributed by atoms with van der Waals surface area (Å²) in [5.74, 6) is 8.66. The molecular weight excluding hydrogens is 626 g/mol. The second kappa shape index (κ2) is 11.1. The average Bonchev–Trinajstić information content (AvgIpc) is 2.95. The second-order valence-corrected chi connectivity index (χ2v) is 10.4. The van der Waals surface area contributed by atoms with E-state index in [2.05, 4.69) is 48.9 Å². The lowest BCUT2D eigenvalue weighted by Crippen LogP contribution is -2.21. The van der Waals surface area contributed by atoms with Gasteiger partial charge in [0.2, 0.25) is 0 Å². The van der Waals surface area contributed by atoms with Gasteiger partial charge in [0.15, 0.2) is 11.6 Å². The minimum atomic E-state index is -5.12. The van der Waals surface area contributed by atoms with Crippen LogP contribution in [0, 0.1) is 23.7 Å². The molecule has 0 saturated heterocycles. The maximum atomic E-state index is 13.4. The van der Waals surface area contributed by atoms with Crippen LogP contribution in [0.25, 0.3) is 0 Å². The molecule has 0 unspecified atom stereocenters. The van der Waals surface area contributed by atoms with Gasteiger partial charge in [-0.2, -0.15) is 26.3 Å². The zero-order valence-corrected chi connectivity index (χ0v) is 23.4. The fraction of sp³-hybridized carbons (Fsp3) is 0.0625. The zero-order valence-electron chi connectivity index (χ0n) is 21.6. The first-order valence-electron chi connectivity index (χ1n) is 12.2. The first kappa shape index (κ1) is 30.7. The maximum Gasteiger partial charge on any atom is 0.417 e. The third-order valence-electron chi connectivity index (χ3n) is 6.51. The highest BCUT2D eigenvalue weighted by molar-refractivity contribution is 7.80. The van der Waals surface area contributed by atoms with Crippen LogP contribution in [-0.2, 0) is 12.4 Å². The van der Waals surface area contributed by atoms with E-state index in [0.717, 1.165) is 0 Å². The van der Waals surface area contributed by atoms with E-state index in [1.807, 2.05) is 0 Å². The lowest BCUT2D eigenvalue weighted by Gasteiger charge is -2.18. The van der Waals surface area contributed by atoms with E-state index in [1.54, 1.807) is 0 Å². The predicted molar refractivity (Wildman–Crippen MR) is 152 cm³/mol. The molecule has 0 saturated carbocycles. The van der Waals surface area contributed by atoms with Gasteiger partial charge in [-0.15, -0.1) is 25.3 Å². The van der Waals surface area contributed by atoms with Crippen molar-refractivity contribution in [2.45, 2.75) is 22.1 Å². The number of alkyl halides is 6. The van der Waals surface area contributed by atoms with Crippen LogP contribution in [0.5, 0.6) is 11.5 Å². The van der Waals surface area contributed by atoms with Crippen molar-refractivity contribution in [2.75, 3.05) is 0 Å². The van der Waals surface area contributed by atoms with Gasteiger partial charge in [0.25, 0.3) is 0 Å². The summed E-state index contributed by atoms with van der Waals surface area (Å²) in [6, 6.07) is 11.6. The average molecular weight is 641 g/mol. The quantitative estimate of drug-likeness (QED) is 0.0816. The molecule has 1 aliphatic carbocycles. The third kappa shape index (κ3) is 5.87. The first-order chi connectivity index (χ1) is 20.5. The van der Waals surface area contributed by atoms with Crippen molar-refractivity contribution in [3.8, 4) is 35.2 Å². The molecule has 2 N–H and O–H groups in total. The van der Waals surface area contributed by atoms with E-state index < -0.39 is 45.5 Å². The summed E-state index contributed by atoms with van der Waals surface area (Å²) in [6.45, 7) is 0. The van der Waals surface area contributed by atoms with E-state index in [-0.39, 0.29) is 49.8 Å². The van der Waals surface area contributed by atoms with Gasteiger partial charge < -0.3 is 10.2 Å². The summed E-state index contributed by atoms with van der Waals surface area (Å²) in [7, 11) is 0. The van der Waals surface area contributed by atoms with Crippen molar-refractivity contribution < 1.29 is 46.1 Å². The van der Waals surface area contributed by atoms with E-state index in [0.29, 0.717) is 17.7 Å². The summed E-state index contributed by atoms with van der Waals surface area (Å²) < 4.78 is 80.3. The molecule has 4 aromatic carbocycles. The Morgan fingerprint density at radius 2 is 0.864 bits per heavy atom. The van der Waals surface area contributed by atoms with Gasteiger partial charge in [-0.3, -0.25) is 9.59 Å². The van der Waals surface area contributed by atoms with Crippen molar-refractivity contribution in [1.82, 2.24) is 0 Å². The largest absolute Gasteiger partial charge is 0.507 e. The number of aromatic hydroxyl groups is 2. The van der Waals surface area contributed by atoms with Crippen LogP contribution in [0.4, 0.5) is 26.3 Å². The number of benzene rings is 4. The lowest BCUT2D eigenvalue weighted by atomic mass is 9.82. The van der Waals surface area contributed by atoms with E-state index >= 15 is 0 Å². The number of halogens is 6. The highest BCUT2D eigenvalue weighted by atomic mass is 32.1. The van der Waals surface area contributed by atoms with Crippen LogP contribution in [0.15, 0.2) is 70.5 Å². The smallest absolute Gasteiger partial charge is 0.417 e. The molecule has 0 radical (unpaired) electrons. The second-order valence-electron chi connectivity index (χ2n) is 9.46. The standard InChI is InChI=1S/C32H14F6O4S2/c33-31(34,35)23-11-17(12-24(29(23)43)32(36,37)38)3-1-15-5-7-19-21(9-15)27(41)20-8-6-16(10-22(20)28(19)42)2-4-18-13-25(39)30(44)26(40)14-18/h5-14,39-40,43-44H. The van der Waals surface area contributed by atoms with Gasteiger partial charge in [0.05, 0.1) is 16.0 Å².